The van der Waals surface area contributed by atoms with Crippen LogP contribution >= 0.6 is 0 Å². The molecule has 2 atom stereocenters. The highest BCUT2D eigenvalue weighted by molar-refractivity contribution is 5.94. The van der Waals surface area contributed by atoms with Crippen LogP contribution in [0.15, 0.2) is 36.9 Å². The quantitative estimate of drug-likeness (QED) is 0.686. The van der Waals surface area contributed by atoms with E-state index in [0.29, 0.717) is 31.6 Å². The SMILES string of the molecule is C=CC(=O)NCc1ccc(C(=O)N2CC[C@H]3[C@@H](C2)NC(=O)CN3C(=O)OC(C)(C)C)cc1. The summed E-state index contributed by atoms with van der Waals surface area (Å²) < 4.78 is 5.47. The molecule has 0 aromatic heterocycles. The van der Waals surface area contributed by atoms with Gasteiger partial charge in [0.25, 0.3) is 5.91 Å². The summed E-state index contributed by atoms with van der Waals surface area (Å²) in [5.74, 6) is -0.672. The van der Waals surface area contributed by atoms with E-state index in [1.165, 1.54) is 11.0 Å². The Bertz CT molecular complexity index is 906. The molecule has 2 aliphatic rings. The Labute approximate surface area is 187 Å². The molecular formula is C23H30N4O5. The highest BCUT2D eigenvalue weighted by Crippen LogP contribution is 2.24. The van der Waals surface area contributed by atoms with E-state index in [2.05, 4.69) is 17.2 Å². The van der Waals surface area contributed by atoms with Crippen molar-refractivity contribution in [2.75, 3.05) is 19.6 Å². The van der Waals surface area contributed by atoms with Gasteiger partial charge in [-0.1, -0.05) is 18.7 Å². The fourth-order valence-electron chi connectivity index (χ4n) is 3.89. The molecule has 1 aromatic rings. The van der Waals surface area contributed by atoms with E-state index in [-0.39, 0.29) is 36.3 Å². The topological polar surface area (TPSA) is 108 Å². The molecule has 9 heteroatoms. The van der Waals surface area contributed by atoms with E-state index in [4.69, 9.17) is 4.74 Å². The number of likely N-dealkylation sites (tertiary alicyclic amines) is 1. The first-order valence-corrected chi connectivity index (χ1v) is 10.6. The summed E-state index contributed by atoms with van der Waals surface area (Å²) in [7, 11) is 0. The number of fused-ring (bicyclic) bond motifs is 1. The molecule has 0 radical (unpaired) electrons. The van der Waals surface area contributed by atoms with Crippen LogP contribution in [-0.2, 0) is 20.9 Å². The number of amides is 4. The number of benzene rings is 1. The average Bonchev–Trinajstić information content (AvgIpc) is 2.75. The summed E-state index contributed by atoms with van der Waals surface area (Å²) >= 11 is 0. The van der Waals surface area contributed by atoms with Crippen molar-refractivity contribution in [1.82, 2.24) is 20.4 Å². The van der Waals surface area contributed by atoms with Crippen molar-refractivity contribution in [3.63, 3.8) is 0 Å². The van der Waals surface area contributed by atoms with Crippen LogP contribution in [0.5, 0.6) is 0 Å². The minimum atomic E-state index is -0.655. The first-order valence-electron chi connectivity index (χ1n) is 10.6. The van der Waals surface area contributed by atoms with Gasteiger partial charge in [-0.3, -0.25) is 19.3 Å². The molecule has 1 aromatic carbocycles. The van der Waals surface area contributed by atoms with Gasteiger partial charge in [-0.15, -0.1) is 0 Å². The van der Waals surface area contributed by atoms with Gasteiger partial charge in [0.15, 0.2) is 0 Å². The molecule has 0 unspecified atom stereocenters. The maximum absolute atomic E-state index is 13.0. The van der Waals surface area contributed by atoms with E-state index in [1.54, 1.807) is 49.9 Å². The number of carbonyl (C=O) groups is 4. The molecule has 2 saturated heterocycles. The number of nitrogens with one attached hydrogen (secondary N) is 2. The van der Waals surface area contributed by atoms with E-state index in [1.807, 2.05) is 0 Å². The molecule has 2 heterocycles. The summed E-state index contributed by atoms with van der Waals surface area (Å²) in [6.45, 7) is 9.83. The van der Waals surface area contributed by atoms with Crippen LogP contribution in [0, 0.1) is 0 Å². The van der Waals surface area contributed by atoms with Gasteiger partial charge in [0, 0.05) is 25.2 Å². The van der Waals surface area contributed by atoms with Gasteiger partial charge >= 0.3 is 6.09 Å². The predicted molar refractivity (Wildman–Crippen MR) is 118 cm³/mol. The van der Waals surface area contributed by atoms with Crippen LogP contribution in [0.25, 0.3) is 0 Å². The number of hydrogen-bond acceptors (Lipinski definition) is 5. The number of nitrogens with zero attached hydrogens (tertiary/aromatic N) is 2. The zero-order chi connectivity index (χ0) is 23.5. The van der Waals surface area contributed by atoms with Crippen molar-refractivity contribution >= 4 is 23.8 Å². The highest BCUT2D eigenvalue weighted by atomic mass is 16.6. The molecule has 0 spiro atoms. The smallest absolute Gasteiger partial charge is 0.411 e. The molecule has 4 amide bonds. The lowest BCUT2D eigenvalue weighted by molar-refractivity contribution is -0.128. The van der Waals surface area contributed by atoms with Crippen LogP contribution in [0.2, 0.25) is 0 Å². The zero-order valence-corrected chi connectivity index (χ0v) is 18.7. The summed E-state index contributed by atoms with van der Waals surface area (Å²) in [5.41, 5.74) is 0.731. The van der Waals surface area contributed by atoms with Gasteiger partial charge in [-0.05, 0) is 51.0 Å². The second-order valence-corrected chi connectivity index (χ2v) is 9.01. The maximum atomic E-state index is 13.0. The number of piperidine rings is 1. The van der Waals surface area contributed by atoms with E-state index >= 15 is 0 Å². The lowest BCUT2D eigenvalue weighted by Crippen LogP contribution is -2.68. The Morgan fingerprint density at radius 2 is 1.94 bits per heavy atom. The second kappa shape index (κ2) is 9.42. The number of ether oxygens (including phenoxy) is 1. The molecule has 0 aliphatic carbocycles. The first kappa shape index (κ1) is 23.3. The molecule has 2 aliphatic heterocycles. The van der Waals surface area contributed by atoms with Crippen LogP contribution in [0.1, 0.15) is 43.1 Å². The molecule has 2 N–H and O–H groups in total. The Kier molecular flexibility index (Phi) is 6.86. The Hall–Kier alpha value is -3.36. The van der Waals surface area contributed by atoms with Crippen molar-refractivity contribution in [2.24, 2.45) is 0 Å². The third-order valence-corrected chi connectivity index (χ3v) is 5.41. The Morgan fingerprint density at radius 1 is 1.25 bits per heavy atom. The Balaban J connectivity index is 1.64. The molecule has 2 fully saturated rings. The van der Waals surface area contributed by atoms with E-state index in [9.17, 15) is 19.2 Å². The third-order valence-electron chi connectivity index (χ3n) is 5.41. The minimum absolute atomic E-state index is 0.0477. The average molecular weight is 443 g/mol. The summed E-state index contributed by atoms with van der Waals surface area (Å²) in [6.07, 6.45) is 1.23. The maximum Gasteiger partial charge on any atom is 0.411 e. The van der Waals surface area contributed by atoms with Gasteiger partial charge in [-0.2, -0.15) is 0 Å². The number of rotatable bonds is 4. The summed E-state index contributed by atoms with van der Waals surface area (Å²) in [5, 5.41) is 5.60. The van der Waals surface area contributed by atoms with Crippen molar-refractivity contribution in [3.8, 4) is 0 Å². The first-order chi connectivity index (χ1) is 15.1. The monoisotopic (exact) mass is 442 g/mol. The predicted octanol–water partition coefficient (Wildman–Crippen LogP) is 1.44. The van der Waals surface area contributed by atoms with Gasteiger partial charge in [0.2, 0.25) is 11.8 Å². The largest absolute Gasteiger partial charge is 0.444 e. The summed E-state index contributed by atoms with van der Waals surface area (Å²) in [6, 6.07) is 6.44. The van der Waals surface area contributed by atoms with Crippen LogP contribution in [0.3, 0.4) is 0 Å². The van der Waals surface area contributed by atoms with Gasteiger partial charge < -0.3 is 20.3 Å². The van der Waals surface area contributed by atoms with E-state index < -0.39 is 11.7 Å². The minimum Gasteiger partial charge on any atom is -0.444 e. The van der Waals surface area contributed by atoms with Crippen molar-refractivity contribution in [1.29, 1.82) is 0 Å². The number of piperazine rings is 1. The van der Waals surface area contributed by atoms with Crippen LogP contribution < -0.4 is 10.6 Å². The fourth-order valence-corrected chi connectivity index (χ4v) is 3.89. The van der Waals surface area contributed by atoms with Gasteiger partial charge in [-0.25, -0.2) is 4.79 Å². The third kappa shape index (κ3) is 5.66. The summed E-state index contributed by atoms with van der Waals surface area (Å²) in [4.78, 5) is 52.3. The molecule has 3 rings (SSSR count). The van der Waals surface area contributed by atoms with E-state index in [0.717, 1.165) is 5.56 Å². The highest BCUT2D eigenvalue weighted by Gasteiger charge is 2.43. The van der Waals surface area contributed by atoms with Crippen molar-refractivity contribution in [3.05, 3.63) is 48.0 Å². The van der Waals surface area contributed by atoms with Crippen molar-refractivity contribution < 1.29 is 23.9 Å². The standard InChI is InChI=1S/C23H30N4O5/c1-5-19(28)24-12-15-6-8-16(9-7-15)21(30)26-11-10-18-17(13-26)25-20(29)14-27(18)22(31)32-23(2,3)4/h5-9,17-18H,1,10-14H2,2-4H3,(H,24,28)(H,25,29)/t17-,18+/m1/s1. The molecule has 0 saturated carbocycles. The van der Waals surface area contributed by atoms with Gasteiger partial charge in [0.05, 0.1) is 12.1 Å². The van der Waals surface area contributed by atoms with Crippen molar-refractivity contribution in [2.45, 2.75) is 51.4 Å². The van der Waals surface area contributed by atoms with Crippen LogP contribution in [0.4, 0.5) is 4.79 Å². The van der Waals surface area contributed by atoms with Gasteiger partial charge in [0.1, 0.15) is 12.1 Å². The van der Waals surface area contributed by atoms with Crippen LogP contribution in [-0.4, -0.2) is 70.9 Å². The fraction of sp³-hybridized carbons (Fsp3) is 0.478. The molecule has 9 nitrogen and oxygen atoms in total. The lowest BCUT2D eigenvalue weighted by Gasteiger charge is -2.46. The lowest BCUT2D eigenvalue weighted by atomic mass is 9.94. The molecule has 172 valence electrons. The molecule has 0 bridgehead atoms. The Morgan fingerprint density at radius 3 is 2.56 bits per heavy atom. The molecule has 32 heavy (non-hydrogen) atoms. The normalized spacial score (nSPS) is 20.7. The molecular weight excluding hydrogens is 412 g/mol. The number of carbonyl (C=O) groups excluding carboxylic acids is 4. The zero-order valence-electron chi connectivity index (χ0n) is 18.7. The second-order valence-electron chi connectivity index (χ2n) is 9.01. The number of hydrogen-bond donors (Lipinski definition) is 2.